The van der Waals surface area contributed by atoms with Crippen LogP contribution in [0.15, 0.2) is 29.2 Å². The highest BCUT2D eigenvalue weighted by molar-refractivity contribution is 8.00. The molecular formula is C12H13NO3S. The maximum Gasteiger partial charge on any atom is 0.253 e. The number of hydrogen-bond donors (Lipinski definition) is 2. The van der Waals surface area contributed by atoms with Crippen molar-refractivity contribution in [3.8, 4) is 17.6 Å². The molecule has 1 aromatic carbocycles. The second-order valence-corrected chi connectivity index (χ2v) is 4.06. The molecule has 0 aliphatic rings. The topological polar surface area (TPSA) is 58.6 Å². The van der Waals surface area contributed by atoms with E-state index in [1.807, 2.05) is 24.3 Å². The third-order valence-corrected chi connectivity index (χ3v) is 2.82. The van der Waals surface area contributed by atoms with Gasteiger partial charge in [0.2, 0.25) is 0 Å². The second-order valence-electron chi connectivity index (χ2n) is 3.01. The number of thioether (sulfide) groups is 1. The molecule has 0 radical (unpaired) electrons. The minimum Gasteiger partial charge on any atom is -0.481 e. The lowest BCUT2D eigenvalue weighted by Gasteiger charge is -2.03. The maximum absolute atomic E-state index is 10.8. The summed E-state index contributed by atoms with van der Waals surface area (Å²) in [4.78, 5) is 11.7. The Bertz CT molecular complexity index is 420. The molecule has 0 bridgehead atoms. The van der Waals surface area contributed by atoms with E-state index in [2.05, 4.69) is 11.8 Å². The molecular weight excluding hydrogens is 238 g/mol. The van der Waals surface area contributed by atoms with Crippen LogP contribution < -0.4 is 10.2 Å². The third kappa shape index (κ3) is 5.29. The van der Waals surface area contributed by atoms with Crippen LogP contribution in [0.4, 0.5) is 0 Å². The number of carbonyl (C=O) groups excluding carboxylic acids is 1. The quantitative estimate of drug-likeness (QED) is 0.362. The van der Waals surface area contributed by atoms with Crippen LogP contribution in [0.5, 0.6) is 5.75 Å². The first-order valence-corrected chi connectivity index (χ1v) is 5.93. The van der Waals surface area contributed by atoms with Gasteiger partial charge in [-0.3, -0.25) is 10.0 Å². The Hall–Kier alpha value is -1.64. The lowest BCUT2D eigenvalue weighted by atomic mass is 10.3. The van der Waals surface area contributed by atoms with Crippen LogP contribution in [0.1, 0.15) is 6.92 Å². The van der Waals surface area contributed by atoms with Crippen molar-refractivity contribution < 1.29 is 14.7 Å². The number of amides is 1. The zero-order valence-electron chi connectivity index (χ0n) is 9.40. The number of hydrogen-bond acceptors (Lipinski definition) is 4. The van der Waals surface area contributed by atoms with Crippen LogP contribution in [0.2, 0.25) is 0 Å². The molecule has 0 unspecified atom stereocenters. The molecule has 4 nitrogen and oxygen atoms in total. The molecule has 1 aromatic rings. The van der Waals surface area contributed by atoms with E-state index in [1.54, 1.807) is 12.4 Å². The molecule has 0 fully saturated rings. The molecule has 17 heavy (non-hydrogen) atoms. The van der Waals surface area contributed by atoms with Gasteiger partial charge in [-0.15, -0.1) is 17.7 Å². The molecule has 90 valence electrons. The average molecular weight is 251 g/mol. The summed E-state index contributed by atoms with van der Waals surface area (Å²) in [6, 6.07) is 7.33. The van der Waals surface area contributed by atoms with Crippen molar-refractivity contribution in [1.82, 2.24) is 5.48 Å². The van der Waals surface area contributed by atoms with E-state index < -0.39 is 5.91 Å². The molecule has 0 heterocycles. The molecule has 2 N–H and O–H groups in total. The van der Waals surface area contributed by atoms with E-state index in [9.17, 15) is 4.79 Å². The van der Waals surface area contributed by atoms with E-state index in [0.29, 0.717) is 6.61 Å². The fraction of sp³-hybridized carbons (Fsp3) is 0.250. The van der Waals surface area contributed by atoms with Crippen molar-refractivity contribution >= 4 is 17.7 Å². The molecule has 1 amide bonds. The molecule has 1 rings (SSSR count). The van der Waals surface area contributed by atoms with Gasteiger partial charge in [0.15, 0.2) is 0 Å². The monoisotopic (exact) mass is 251 g/mol. The van der Waals surface area contributed by atoms with Crippen LogP contribution in [0.25, 0.3) is 0 Å². The molecule has 0 aliphatic heterocycles. The van der Waals surface area contributed by atoms with Gasteiger partial charge < -0.3 is 4.74 Å². The fourth-order valence-corrected chi connectivity index (χ4v) is 1.70. The molecule has 5 heteroatoms. The highest BCUT2D eigenvalue weighted by atomic mass is 32.2. The minimum absolute atomic E-state index is 0.179. The number of benzene rings is 1. The van der Waals surface area contributed by atoms with Crippen molar-refractivity contribution in [2.45, 2.75) is 11.8 Å². The Balaban J connectivity index is 2.43. The number of hydroxylamine groups is 1. The summed E-state index contributed by atoms with van der Waals surface area (Å²) in [5.74, 6) is 6.04. The van der Waals surface area contributed by atoms with Gasteiger partial charge in [-0.05, 0) is 31.2 Å². The Morgan fingerprint density at radius 1 is 1.47 bits per heavy atom. The van der Waals surface area contributed by atoms with Crippen molar-refractivity contribution in [3.63, 3.8) is 0 Å². The SMILES string of the molecule is CC#CCOc1ccc(SCC(=O)NO)cc1. The first kappa shape index (κ1) is 13.4. The first-order chi connectivity index (χ1) is 8.26. The highest BCUT2D eigenvalue weighted by Crippen LogP contribution is 2.21. The van der Waals surface area contributed by atoms with Gasteiger partial charge in [-0.2, -0.15) is 0 Å². The normalized spacial score (nSPS) is 9.06. The Morgan fingerprint density at radius 2 is 2.18 bits per heavy atom. The van der Waals surface area contributed by atoms with Crippen molar-refractivity contribution in [2.75, 3.05) is 12.4 Å². The average Bonchev–Trinajstić information content (AvgIpc) is 2.37. The fourth-order valence-electron chi connectivity index (χ4n) is 1.00. The highest BCUT2D eigenvalue weighted by Gasteiger charge is 2.01. The van der Waals surface area contributed by atoms with Gasteiger partial charge in [-0.1, -0.05) is 5.92 Å². The molecule has 0 saturated heterocycles. The van der Waals surface area contributed by atoms with Gasteiger partial charge in [0.25, 0.3) is 5.91 Å². The lowest BCUT2D eigenvalue weighted by Crippen LogP contribution is -2.20. The summed E-state index contributed by atoms with van der Waals surface area (Å²) in [6.45, 7) is 2.13. The summed E-state index contributed by atoms with van der Waals surface area (Å²) in [7, 11) is 0. The van der Waals surface area contributed by atoms with Crippen molar-refractivity contribution in [3.05, 3.63) is 24.3 Å². The maximum atomic E-state index is 10.8. The van der Waals surface area contributed by atoms with Crippen molar-refractivity contribution in [1.29, 1.82) is 0 Å². The van der Waals surface area contributed by atoms with Crippen LogP contribution in [0, 0.1) is 11.8 Å². The molecule has 0 aliphatic carbocycles. The summed E-state index contributed by atoms with van der Waals surface area (Å²) in [6.07, 6.45) is 0. The lowest BCUT2D eigenvalue weighted by molar-refractivity contribution is -0.126. The predicted octanol–water partition coefficient (Wildman–Crippen LogP) is 1.69. The predicted molar refractivity (Wildman–Crippen MR) is 66.0 cm³/mol. The first-order valence-electron chi connectivity index (χ1n) is 4.94. The van der Waals surface area contributed by atoms with Gasteiger partial charge in [-0.25, -0.2) is 5.48 Å². The second kappa shape index (κ2) is 7.60. The van der Waals surface area contributed by atoms with Gasteiger partial charge in [0.1, 0.15) is 12.4 Å². The molecule has 0 spiro atoms. The largest absolute Gasteiger partial charge is 0.481 e. The number of rotatable bonds is 5. The Labute approximate surface area is 104 Å². The van der Waals surface area contributed by atoms with Crippen LogP contribution in [0.3, 0.4) is 0 Å². The van der Waals surface area contributed by atoms with Crippen LogP contribution >= 0.6 is 11.8 Å². The van der Waals surface area contributed by atoms with Crippen LogP contribution in [-0.4, -0.2) is 23.5 Å². The summed E-state index contributed by atoms with van der Waals surface area (Å²) in [5, 5.41) is 8.33. The minimum atomic E-state index is -0.423. The summed E-state index contributed by atoms with van der Waals surface area (Å²) < 4.78 is 5.35. The Morgan fingerprint density at radius 3 is 2.76 bits per heavy atom. The van der Waals surface area contributed by atoms with E-state index in [4.69, 9.17) is 9.94 Å². The molecule has 0 saturated carbocycles. The molecule has 0 atom stereocenters. The Kier molecular flexibility index (Phi) is 6.00. The zero-order valence-corrected chi connectivity index (χ0v) is 10.2. The number of ether oxygens (including phenoxy) is 1. The van der Waals surface area contributed by atoms with E-state index in [0.717, 1.165) is 10.6 Å². The number of carbonyl (C=O) groups is 1. The zero-order chi connectivity index (χ0) is 12.5. The van der Waals surface area contributed by atoms with Gasteiger partial charge in [0.05, 0.1) is 5.75 Å². The summed E-state index contributed by atoms with van der Waals surface area (Å²) in [5.41, 5.74) is 1.58. The van der Waals surface area contributed by atoms with E-state index >= 15 is 0 Å². The standard InChI is InChI=1S/C12H13NO3S/c1-2-3-8-16-10-4-6-11(7-5-10)17-9-12(14)13-15/h4-7,15H,8-9H2,1H3,(H,13,14). The van der Waals surface area contributed by atoms with Crippen molar-refractivity contribution in [2.24, 2.45) is 0 Å². The van der Waals surface area contributed by atoms with E-state index in [1.165, 1.54) is 11.8 Å². The van der Waals surface area contributed by atoms with Gasteiger partial charge in [0, 0.05) is 4.90 Å². The summed E-state index contributed by atoms with van der Waals surface area (Å²) >= 11 is 1.33. The van der Waals surface area contributed by atoms with Gasteiger partial charge >= 0.3 is 0 Å². The third-order valence-electron chi connectivity index (χ3n) is 1.81. The molecule has 0 aromatic heterocycles. The van der Waals surface area contributed by atoms with Crippen LogP contribution in [-0.2, 0) is 4.79 Å². The van der Waals surface area contributed by atoms with E-state index in [-0.39, 0.29) is 5.75 Å². The number of nitrogens with one attached hydrogen (secondary N) is 1. The smallest absolute Gasteiger partial charge is 0.253 e.